The van der Waals surface area contributed by atoms with E-state index in [2.05, 4.69) is 5.32 Å². The lowest BCUT2D eigenvalue weighted by molar-refractivity contribution is -0.146. The van der Waals surface area contributed by atoms with E-state index in [0.717, 1.165) is 12.2 Å². The van der Waals surface area contributed by atoms with E-state index in [1.54, 1.807) is 31.2 Å². The second kappa shape index (κ2) is 9.07. The minimum Gasteiger partial charge on any atom is -0.494 e. The van der Waals surface area contributed by atoms with Crippen LogP contribution in [0, 0.1) is 5.92 Å². The smallest absolute Gasteiger partial charge is 0.328 e. The molecule has 0 aromatic heterocycles. The third-order valence-corrected chi connectivity index (χ3v) is 3.08. The normalized spacial score (nSPS) is 11.9. The molecule has 1 aromatic carbocycles. The Morgan fingerprint density at radius 3 is 2.27 bits per heavy atom. The van der Waals surface area contributed by atoms with E-state index in [9.17, 15) is 9.59 Å². The average Bonchev–Trinajstić information content (AvgIpc) is 2.50. The quantitative estimate of drug-likeness (QED) is 0.750. The zero-order chi connectivity index (χ0) is 16.5. The van der Waals surface area contributed by atoms with Crippen molar-refractivity contribution in [2.75, 3.05) is 13.2 Å². The van der Waals surface area contributed by atoms with Crippen LogP contribution >= 0.6 is 0 Å². The molecule has 0 aliphatic heterocycles. The van der Waals surface area contributed by atoms with Crippen molar-refractivity contribution < 1.29 is 19.1 Å². The SMILES string of the molecule is CCCOc1ccc(C(=O)NC(C(=O)OCC)C(C)C)cc1. The number of hydrogen-bond donors (Lipinski definition) is 1. The summed E-state index contributed by atoms with van der Waals surface area (Å²) in [4.78, 5) is 24.1. The molecule has 1 atom stereocenters. The lowest BCUT2D eigenvalue weighted by atomic mass is 10.0. The van der Waals surface area contributed by atoms with Crippen LogP contribution in [0.1, 0.15) is 44.5 Å². The summed E-state index contributed by atoms with van der Waals surface area (Å²) in [6, 6.07) is 6.22. The predicted molar refractivity (Wildman–Crippen MR) is 85.0 cm³/mol. The summed E-state index contributed by atoms with van der Waals surface area (Å²) < 4.78 is 10.5. The Morgan fingerprint density at radius 1 is 1.14 bits per heavy atom. The summed E-state index contributed by atoms with van der Waals surface area (Å²) in [7, 11) is 0. The van der Waals surface area contributed by atoms with E-state index < -0.39 is 12.0 Å². The second-order valence-corrected chi connectivity index (χ2v) is 5.32. The van der Waals surface area contributed by atoms with E-state index in [1.807, 2.05) is 20.8 Å². The van der Waals surface area contributed by atoms with Gasteiger partial charge in [0, 0.05) is 5.56 Å². The van der Waals surface area contributed by atoms with Crippen LogP contribution in [0.4, 0.5) is 0 Å². The molecule has 0 spiro atoms. The first-order valence-corrected chi connectivity index (χ1v) is 7.69. The largest absolute Gasteiger partial charge is 0.494 e. The maximum Gasteiger partial charge on any atom is 0.328 e. The maximum atomic E-state index is 12.2. The molecular weight excluding hydrogens is 282 g/mol. The van der Waals surface area contributed by atoms with E-state index in [4.69, 9.17) is 9.47 Å². The molecule has 22 heavy (non-hydrogen) atoms. The number of esters is 1. The fraction of sp³-hybridized carbons (Fsp3) is 0.529. The molecule has 1 rings (SSSR count). The van der Waals surface area contributed by atoms with Gasteiger partial charge in [0.25, 0.3) is 5.91 Å². The molecule has 122 valence electrons. The minimum atomic E-state index is -0.650. The zero-order valence-electron chi connectivity index (χ0n) is 13.7. The van der Waals surface area contributed by atoms with Crippen molar-refractivity contribution in [3.8, 4) is 5.75 Å². The van der Waals surface area contributed by atoms with E-state index in [-0.39, 0.29) is 11.8 Å². The van der Waals surface area contributed by atoms with Gasteiger partial charge in [-0.2, -0.15) is 0 Å². The van der Waals surface area contributed by atoms with Gasteiger partial charge in [0.15, 0.2) is 0 Å². The first kappa shape index (κ1) is 18.0. The fourth-order valence-electron chi connectivity index (χ4n) is 1.88. The van der Waals surface area contributed by atoms with Crippen LogP contribution in [0.2, 0.25) is 0 Å². The molecule has 0 aliphatic rings. The minimum absolute atomic E-state index is 0.0461. The lowest BCUT2D eigenvalue weighted by Crippen LogP contribution is -2.45. The number of carbonyl (C=O) groups is 2. The highest BCUT2D eigenvalue weighted by Gasteiger charge is 2.25. The van der Waals surface area contributed by atoms with Crippen molar-refractivity contribution in [2.45, 2.75) is 40.2 Å². The summed E-state index contributed by atoms with van der Waals surface area (Å²) in [5.41, 5.74) is 0.485. The summed E-state index contributed by atoms with van der Waals surface area (Å²) in [5.74, 6) is -0.0260. The molecule has 0 fully saturated rings. The van der Waals surface area contributed by atoms with Gasteiger partial charge in [-0.1, -0.05) is 20.8 Å². The summed E-state index contributed by atoms with van der Waals surface area (Å²) in [6.45, 7) is 8.44. The molecule has 1 unspecified atom stereocenters. The molecule has 1 aromatic rings. The molecule has 0 bridgehead atoms. The Hall–Kier alpha value is -2.04. The Morgan fingerprint density at radius 2 is 1.77 bits per heavy atom. The fourth-order valence-corrected chi connectivity index (χ4v) is 1.88. The molecule has 0 saturated heterocycles. The van der Waals surface area contributed by atoms with Crippen molar-refractivity contribution in [1.82, 2.24) is 5.32 Å². The van der Waals surface area contributed by atoms with Gasteiger partial charge in [0.2, 0.25) is 0 Å². The maximum absolute atomic E-state index is 12.2. The van der Waals surface area contributed by atoms with Crippen molar-refractivity contribution in [3.63, 3.8) is 0 Å². The molecule has 1 amide bonds. The second-order valence-electron chi connectivity index (χ2n) is 5.32. The highest BCUT2D eigenvalue weighted by Crippen LogP contribution is 2.13. The van der Waals surface area contributed by atoms with E-state index >= 15 is 0 Å². The summed E-state index contributed by atoms with van der Waals surface area (Å²) >= 11 is 0. The van der Waals surface area contributed by atoms with Crippen molar-refractivity contribution in [3.05, 3.63) is 29.8 Å². The Labute approximate surface area is 132 Å². The van der Waals surface area contributed by atoms with E-state index in [1.165, 1.54) is 0 Å². The van der Waals surface area contributed by atoms with Crippen molar-refractivity contribution >= 4 is 11.9 Å². The molecule has 0 radical (unpaired) electrons. The lowest BCUT2D eigenvalue weighted by Gasteiger charge is -2.20. The number of hydrogen-bond acceptors (Lipinski definition) is 4. The Kier molecular flexibility index (Phi) is 7.43. The van der Waals surface area contributed by atoms with Crippen LogP contribution in [0.15, 0.2) is 24.3 Å². The molecule has 0 saturated carbocycles. The molecule has 1 N–H and O–H groups in total. The van der Waals surface area contributed by atoms with Gasteiger partial charge in [0.1, 0.15) is 11.8 Å². The van der Waals surface area contributed by atoms with Gasteiger partial charge in [-0.25, -0.2) is 4.79 Å². The third kappa shape index (κ3) is 5.39. The Bertz CT molecular complexity index is 482. The van der Waals surface area contributed by atoms with Crippen LogP contribution in [0.3, 0.4) is 0 Å². The molecule has 5 nitrogen and oxygen atoms in total. The zero-order valence-corrected chi connectivity index (χ0v) is 13.7. The third-order valence-electron chi connectivity index (χ3n) is 3.08. The number of rotatable bonds is 8. The van der Waals surface area contributed by atoms with Gasteiger partial charge >= 0.3 is 5.97 Å². The highest BCUT2D eigenvalue weighted by atomic mass is 16.5. The number of carbonyl (C=O) groups excluding carboxylic acids is 2. The average molecular weight is 307 g/mol. The van der Waals surface area contributed by atoms with Crippen LogP contribution in [0.25, 0.3) is 0 Å². The first-order chi connectivity index (χ1) is 10.5. The summed E-state index contributed by atoms with van der Waals surface area (Å²) in [6.07, 6.45) is 0.928. The molecule has 0 heterocycles. The predicted octanol–water partition coefficient (Wildman–Crippen LogP) is 2.79. The topological polar surface area (TPSA) is 64.6 Å². The Balaban J connectivity index is 2.71. The standard InChI is InChI=1S/C17H25NO4/c1-5-11-22-14-9-7-13(8-10-14)16(19)18-15(12(3)4)17(20)21-6-2/h7-10,12,15H,5-6,11H2,1-4H3,(H,18,19). The van der Waals surface area contributed by atoms with Crippen LogP contribution in [-0.2, 0) is 9.53 Å². The van der Waals surface area contributed by atoms with Gasteiger partial charge in [-0.05, 0) is 43.5 Å². The van der Waals surface area contributed by atoms with Crippen molar-refractivity contribution in [2.24, 2.45) is 5.92 Å². The first-order valence-electron chi connectivity index (χ1n) is 7.69. The summed E-state index contributed by atoms with van der Waals surface area (Å²) in [5, 5.41) is 2.73. The van der Waals surface area contributed by atoms with Crippen molar-refractivity contribution in [1.29, 1.82) is 0 Å². The highest BCUT2D eigenvalue weighted by molar-refractivity contribution is 5.96. The molecule has 5 heteroatoms. The van der Waals surface area contributed by atoms with Gasteiger partial charge in [0.05, 0.1) is 13.2 Å². The monoisotopic (exact) mass is 307 g/mol. The van der Waals surface area contributed by atoms with E-state index in [0.29, 0.717) is 18.8 Å². The number of amides is 1. The number of benzene rings is 1. The van der Waals surface area contributed by atoms with Gasteiger partial charge < -0.3 is 14.8 Å². The van der Waals surface area contributed by atoms with Crippen LogP contribution < -0.4 is 10.1 Å². The van der Waals surface area contributed by atoms with Gasteiger partial charge in [-0.15, -0.1) is 0 Å². The van der Waals surface area contributed by atoms with Crippen LogP contribution in [-0.4, -0.2) is 31.1 Å². The molecule has 0 aliphatic carbocycles. The number of ether oxygens (including phenoxy) is 2. The van der Waals surface area contributed by atoms with Gasteiger partial charge in [-0.3, -0.25) is 4.79 Å². The number of nitrogens with one attached hydrogen (secondary N) is 1. The van der Waals surface area contributed by atoms with Crippen LogP contribution in [0.5, 0.6) is 5.75 Å². The molecular formula is C17H25NO4.